The molecule has 2 rings (SSSR count). The van der Waals surface area contributed by atoms with Crippen LogP contribution in [0, 0.1) is 6.92 Å². The molecule has 0 amide bonds. The lowest BCUT2D eigenvalue weighted by Gasteiger charge is -2.07. The third kappa shape index (κ3) is 4.20. The number of hydrogen-bond acceptors (Lipinski definition) is 1. The van der Waals surface area contributed by atoms with Crippen molar-refractivity contribution in [2.75, 3.05) is 0 Å². The van der Waals surface area contributed by atoms with Crippen molar-refractivity contribution in [3.8, 4) is 0 Å². The lowest BCUT2D eigenvalue weighted by molar-refractivity contribution is 0.729. The first kappa shape index (κ1) is 13.8. The van der Waals surface area contributed by atoms with Crippen LogP contribution in [-0.2, 0) is 19.3 Å². The van der Waals surface area contributed by atoms with Gasteiger partial charge in [-0.3, -0.25) is 4.98 Å². The van der Waals surface area contributed by atoms with Gasteiger partial charge in [0.25, 0.3) is 0 Å². The van der Waals surface area contributed by atoms with Gasteiger partial charge in [-0.05, 0) is 61.8 Å². The molecule has 0 bridgehead atoms. The zero-order valence-corrected chi connectivity index (χ0v) is 12.0. The van der Waals surface area contributed by atoms with Crippen LogP contribution < -0.4 is 0 Å². The van der Waals surface area contributed by atoms with Crippen LogP contribution in [0.4, 0.5) is 0 Å². The molecule has 0 atom stereocenters. The molecule has 0 unspecified atom stereocenters. The van der Waals surface area contributed by atoms with Gasteiger partial charge in [-0.1, -0.05) is 36.8 Å². The predicted octanol–water partition coefficient (Wildman–Crippen LogP) is 4.52. The predicted molar refractivity (Wildman–Crippen MR) is 81.4 cm³/mol. The average Bonchev–Trinajstić information content (AvgIpc) is 2.46. The SMILES string of the molecule is CCc1cnccc1CCCCc1ccc(C)cc1. The van der Waals surface area contributed by atoms with Crippen LogP contribution in [0.15, 0.2) is 42.7 Å². The molecule has 1 aromatic heterocycles. The van der Waals surface area contributed by atoms with Crippen molar-refractivity contribution in [1.82, 2.24) is 4.98 Å². The van der Waals surface area contributed by atoms with Crippen LogP contribution in [0.3, 0.4) is 0 Å². The van der Waals surface area contributed by atoms with Crippen molar-refractivity contribution in [3.63, 3.8) is 0 Å². The van der Waals surface area contributed by atoms with Crippen LogP contribution in [0.5, 0.6) is 0 Å². The summed E-state index contributed by atoms with van der Waals surface area (Å²) < 4.78 is 0. The number of rotatable bonds is 6. The summed E-state index contributed by atoms with van der Waals surface area (Å²) in [5.74, 6) is 0. The molecule has 0 fully saturated rings. The topological polar surface area (TPSA) is 12.9 Å². The molecule has 0 N–H and O–H groups in total. The van der Waals surface area contributed by atoms with Gasteiger partial charge in [0.15, 0.2) is 0 Å². The number of pyridine rings is 1. The number of nitrogens with zero attached hydrogens (tertiary/aromatic N) is 1. The highest BCUT2D eigenvalue weighted by Gasteiger charge is 2.00. The van der Waals surface area contributed by atoms with Gasteiger partial charge < -0.3 is 0 Å². The van der Waals surface area contributed by atoms with E-state index in [1.54, 1.807) is 0 Å². The van der Waals surface area contributed by atoms with Crippen LogP contribution >= 0.6 is 0 Å². The van der Waals surface area contributed by atoms with Gasteiger partial charge in [-0.2, -0.15) is 0 Å². The number of aryl methyl sites for hydroxylation is 4. The Morgan fingerprint density at radius 2 is 1.63 bits per heavy atom. The fourth-order valence-corrected chi connectivity index (χ4v) is 2.42. The normalized spacial score (nSPS) is 10.6. The minimum Gasteiger partial charge on any atom is -0.264 e. The zero-order chi connectivity index (χ0) is 13.5. The third-order valence-electron chi connectivity index (χ3n) is 3.67. The van der Waals surface area contributed by atoms with E-state index in [1.807, 2.05) is 12.4 Å². The summed E-state index contributed by atoms with van der Waals surface area (Å²) in [6.45, 7) is 4.34. The van der Waals surface area contributed by atoms with Gasteiger partial charge in [0.1, 0.15) is 0 Å². The van der Waals surface area contributed by atoms with Crippen molar-refractivity contribution >= 4 is 0 Å². The second-order valence-corrected chi connectivity index (χ2v) is 5.19. The van der Waals surface area contributed by atoms with E-state index in [-0.39, 0.29) is 0 Å². The summed E-state index contributed by atoms with van der Waals surface area (Å²) in [7, 11) is 0. The van der Waals surface area contributed by atoms with E-state index >= 15 is 0 Å². The second-order valence-electron chi connectivity index (χ2n) is 5.19. The van der Waals surface area contributed by atoms with Gasteiger partial charge in [-0.25, -0.2) is 0 Å². The first-order valence-electron chi connectivity index (χ1n) is 7.27. The van der Waals surface area contributed by atoms with Gasteiger partial charge >= 0.3 is 0 Å². The van der Waals surface area contributed by atoms with Crippen molar-refractivity contribution < 1.29 is 0 Å². The molecule has 1 heteroatoms. The first-order valence-corrected chi connectivity index (χ1v) is 7.27. The molecule has 19 heavy (non-hydrogen) atoms. The fraction of sp³-hybridized carbons (Fsp3) is 0.389. The Labute approximate surface area is 116 Å². The maximum Gasteiger partial charge on any atom is 0.0302 e. The largest absolute Gasteiger partial charge is 0.264 e. The lowest BCUT2D eigenvalue weighted by atomic mass is 10.00. The summed E-state index contributed by atoms with van der Waals surface area (Å²) in [6, 6.07) is 11.1. The van der Waals surface area contributed by atoms with Crippen LogP contribution in [-0.4, -0.2) is 4.98 Å². The number of benzene rings is 1. The molecule has 0 spiro atoms. The maximum atomic E-state index is 4.20. The smallest absolute Gasteiger partial charge is 0.0302 e. The molecule has 1 heterocycles. The Morgan fingerprint density at radius 1 is 0.895 bits per heavy atom. The van der Waals surface area contributed by atoms with Gasteiger partial charge in [0, 0.05) is 12.4 Å². The highest BCUT2D eigenvalue weighted by atomic mass is 14.6. The molecule has 0 saturated heterocycles. The van der Waals surface area contributed by atoms with Crippen LogP contribution in [0.25, 0.3) is 0 Å². The molecular formula is C18H23N. The van der Waals surface area contributed by atoms with E-state index in [9.17, 15) is 0 Å². The van der Waals surface area contributed by atoms with E-state index < -0.39 is 0 Å². The Bertz CT molecular complexity index is 499. The summed E-state index contributed by atoms with van der Waals surface area (Å²) in [6.07, 6.45) is 9.88. The Hall–Kier alpha value is -1.63. The molecular weight excluding hydrogens is 230 g/mol. The molecule has 0 aliphatic carbocycles. The third-order valence-corrected chi connectivity index (χ3v) is 3.67. The minimum absolute atomic E-state index is 1.08. The lowest BCUT2D eigenvalue weighted by Crippen LogP contribution is -1.95. The maximum absolute atomic E-state index is 4.20. The summed E-state index contributed by atoms with van der Waals surface area (Å²) in [5, 5.41) is 0. The number of aromatic nitrogens is 1. The molecule has 1 aromatic carbocycles. The van der Waals surface area contributed by atoms with Crippen molar-refractivity contribution in [3.05, 3.63) is 65.0 Å². The molecule has 0 saturated carbocycles. The van der Waals surface area contributed by atoms with Gasteiger partial charge in [-0.15, -0.1) is 0 Å². The van der Waals surface area contributed by atoms with Crippen molar-refractivity contribution in [2.24, 2.45) is 0 Å². The van der Waals surface area contributed by atoms with E-state index in [0.29, 0.717) is 0 Å². The Kier molecular flexibility index (Phi) is 5.14. The zero-order valence-electron chi connectivity index (χ0n) is 12.0. The summed E-state index contributed by atoms with van der Waals surface area (Å²) in [5.41, 5.74) is 5.67. The van der Waals surface area contributed by atoms with E-state index in [1.165, 1.54) is 47.9 Å². The second kappa shape index (κ2) is 7.08. The van der Waals surface area contributed by atoms with Crippen LogP contribution in [0.1, 0.15) is 42.0 Å². The number of unbranched alkanes of at least 4 members (excludes halogenated alkanes) is 1. The molecule has 0 radical (unpaired) electrons. The summed E-state index contributed by atoms with van der Waals surface area (Å²) in [4.78, 5) is 4.20. The highest BCUT2D eigenvalue weighted by molar-refractivity contribution is 5.23. The Morgan fingerprint density at radius 3 is 2.37 bits per heavy atom. The monoisotopic (exact) mass is 253 g/mol. The molecule has 100 valence electrons. The minimum atomic E-state index is 1.08. The van der Waals surface area contributed by atoms with Gasteiger partial charge in [0.05, 0.1) is 0 Å². The standard InChI is InChI=1S/C18H23N/c1-3-17-14-19-13-12-18(17)7-5-4-6-16-10-8-15(2)9-11-16/h8-14H,3-7H2,1-2H3. The fourth-order valence-electron chi connectivity index (χ4n) is 2.42. The molecule has 1 nitrogen and oxygen atoms in total. The Balaban J connectivity index is 1.79. The van der Waals surface area contributed by atoms with Crippen LogP contribution in [0.2, 0.25) is 0 Å². The van der Waals surface area contributed by atoms with E-state index in [0.717, 1.165) is 6.42 Å². The summed E-state index contributed by atoms with van der Waals surface area (Å²) >= 11 is 0. The quantitative estimate of drug-likeness (QED) is 0.690. The van der Waals surface area contributed by atoms with Crippen molar-refractivity contribution in [2.45, 2.75) is 46.0 Å². The highest BCUT2D eigenvalue weighted by Crippen LogP contribution is 2.13. The molecule has 0 aliphatic heterocycles. The number of hydrogen-bond donors (Lipinski definition) is 0. The van der Waals surface area contributed by atoms with E-state index in [4.69, 9.17) is 0 Å². The average molecular weight is 253 g/mol. The molecule has 0 aliphatic rings. The molecule has 2 aromatic rings. The van der Waals surface area contributed by atoms with E-state index in [2.05, 4.69) is 49.2 Å². The van der Waals surface area contributed by atoms with Gasteiger partial charge in [0.2, 0.25) is 0 Å². The first-order chi connectivity index (χ1) is 9.29. The van der Waals surface area contributed by atoms with Crippen molar-refractivity contribution in [1.29, 1.82) is 0 Å².